The van der Waals surface area contributed by atoms with Crippen LogP contribution in [0, 0.1) is 0 Å². The molecule has 0 aliphatic rings. The van der Waals surface area contributed by atoms with Crippen molar-refractivity contribution >= 4 is 17.3 Å². The van der Waals surface area contributed by atoms with Crippen molar-refractivity contribution in [3.8, 4) is 0 Å². The molecule has 0 saturated carbocycles. The van der Waals surface area contributed by atoms with Crippen molar-refractivity contribution in [2.24, 2.45) is 0 Å². The summed E-state index contributed by atoms with van der Waals surface area (Å²) in [7, 11) is 0. The molecule has 2 rings (SSSR count). The smallest absolute Gasteiger partial charge is 0.337 e. The lowest BCUT2D eigenvalue weighted by molar-refractivity contribution is 0.0698. The Hall–Kier alpha value is -2.49. The van der Waals surface area contributed by atoms with E-state index >= 15 is 0 Å². The Labute approximate surface area is 118 Å². The molecular weight excluding hydrogens is 252 g/mol. The Kier molecular flexibility index (Phi) is 4.25. The maximum atomic E-state index is 10.9. The lowest BCUT2D eigenvalue weighted by Gasteiger charge is -2.14. The molecule has 104 valence electrons. The van der Waals surface area contributed by atoms with Crippen molar-refractivity contribution in [3.63, 3.8) is 0 Å². The van der Waals surface area contributed by atoms with Gasteiger partial charge in [-0.2, -0.15) is 0 Å². The maximum absolute atomic E-state index is 10.9. The van der Waals surface area contributed by atoms with Gasteiger partial charge in [0.2, 0.25) is 0 Å². The molecule has 0 spiro atoms. The van der Waals surface area contributed by atoms with Crippen LogP contribution in [0.3, 0.4) is 0 Å². The quantitative estimate of drug-likeness (QED) is 0.729. The van der Waals surface area contributed by atoms with Gasteiger partial charge in [0.15, 0.2) is 0 Å². The molecule has 0 fully saturated rings. The first kappa shape index (κ1) is 13.9. The van der Waals surface area contributed by atoms with Gasteiger partial charge in [-0.3, -0.25) is 0 Å². The van der Waals surface area contributed by atoms with Crippen LogP contribution >= 0.6 is 0 Å². The zero-order valence-corrected chi connectivity index (χ0v) is 11.3. The number of carbonyl (C=O) groups is 1. The second-order valence-corrected chi connectivity index (χ2v) is 4.80. The number of nitrogens with two attached hydrogens (primary N) is 1. The van der Waals surface area contributed by atoms with E-state index in [2.05, 4.69) is 24.4 Å². The first-order chi connectivity index (χ1) is 9.58. The van der Waals surface area contributed by atoms with E-state index in [4.69, 9.17) is 10.8 Å². The summed E-state index contributed by atoms with van der Waals surface area (Å²) in [6, 6.07) is 15.1. The molecular formula is C16H18N2O2. The topological polar surface area (TPSA) is 75.3 Å². The van der Waals surface area contributed by atoms with Crippen LogP contribution in [0.1, 0.15) is 28.8 Å². The van der Waals surface area contributed by atoms with Crippen LogP contribution in [0.15, 0.2) is 48.5 Å². The van der Waals surface area contributed by atoms with E-state index in [1.165, 1.54) is 11.6 Å². The van der Waals surface area contributed by atoms with Crippen molar-refractivity contribution in [1.29, 1.82) is 0 Å². The van der Waals surface area contributed by atoms with Crippen LogP contribution in [0.2, 0.25) is 0 Å². The van der Waals surface area contributed by atoms with Gasteiger partial charge < -0.3 is 16.2 Å². The largest absolute Gasteiger partial charge is 0.478 e. The predicted molar refractivity (Wildman–Crippen MR) is 81.2 cm³/mol. The molecule has 4 heteroatoms. The van der Waals surface area contributed by atoms with Gasteiger partial charge in [-0.15, -0.1) is 0 Å². The molecule has 1 atom stereocenters. The third-order valence-electron chi connectivity index (χ3n) is 3.26. The summed E-state index contributed by atoms with van der Waals surface area (Å²) in [5.41, 5.74) is 8.21. The maximum Gasteiger partial charge on any atom is 0.337 e. The Bertz CT molecular complexity index is 597. The molecule has 4 nitrogen and oxygen atoms in total. The van der Waals surface area contributed by atoms with Gasteiger partial charge in [0.1, 0.15) is 0 Å². The number of carboxylic acids is 1. The van der Waals surface area contributed by atoms with Crippen LogP contribution in [-0.4, -0.2) is 17.6 Å². The zero-order valence-electron chi connectivity index (χ0n) is 11.3. The third kappa shape index (κ3) is 3.29. The second-order valence-electron chi connectivity index (χ2n) is 4.80. The highest BCUT2D eigenvalue weighted by Crippen LogP contribution is 2.20. The van der Waals surface area contributed by atoms with Crippen molar-refractivity contribution < 1.29 is 9.90 Å². The lowest BCUT2D eigenvalue weighted by atomic mass is 10.0. The summed E-state index contributed by atoms with van der Waals surface area (Å²) >= 11 is 0. The summed E-state index contributed by atoms with van der Waals surface area (Å²) in [6.07, 6.45) is 0. The fraction of sp³-hybridized carbons (Fsp3) is 0.188. The van der Waals surface area contributed by atoms with Crippen LogP contribution in [0.4, 0.5) is 11.4 Å². The normalized spacial score (nSPS) is 11.8. The number of carboxylic acid groups (broad SMARTS) is 1. The summed E-state index contributed by atoms with van der Waals surface area (Å²) < 4.78 is 0. The lowest BCUT2D eigenvalue weighted by Crippen LogP contribution is -2.10. The molecule has 0 aliphatic heterocycles. The summed E-state index contributed by atoms with van der Waals surface area (Å²) in [5.74, 6) is -0.650. The number of nitrogen functional groups attached to an aromatic ring is 1. The molecule has 0 aliphatic carbocycles. The van der Waals surface area contributed by atoms with Crippen molar-refractivity contribution in [3.05, 3.63) is 59.7 Å². The fourth-order valence-electron chi connectivity index (χ4n) is 2.04. The molecule has 0 saturated heterocycles. The highest BCUT2D eigenvalue weighted by Gasteiger charge is 2.09. The van der Waals surface area contributed by atoms with E-state index in [1.807, 2.05) is 18.2 Å². The van der Waals surface area contributed by atoms with Gasteiger partial charge in [0, 0.05) is 17.9 Å². The minimum atomic E-state index is -1.01. The Morgan fingerprint density at radius 2 is 1.95 bits per heavy atom. The van der Waals surface area contributed by atoms with E-state index in [-0.39, 0.29) is 11.3 Å². The number of nitrogens with one attached hydrogen (secondary N) is 1. The number of aromatic carboxylic acids is 1. The molecule has 1 unspecified atom stereocenters. The summed E-state index contributed by atoms with van der Waals surface area (Å²) in [5, 5.41) is 12.2. The Balaban J connectivity index is 2.01. The number of hydrogen-bond donors (Lipinski definition) is 3. The monoisotopic (exact) mass is 270 g/mol. The van der Waals surface area contributed by atoms with E-state index in [9.17, 15) is 4.79 Å². The average Bonchev–Trinajstić information content (AvgIpc) is 2.45. The first-order valence-electron chi connectivity index (χ1n) is 6.49. The molecule has 2 aromatic carbocycles. The zero-order chi connectivity index (χ0) is 14.5. The van der Waals surface area contributed by atoms with Crippen LogP contribution in [0.5, 0.6) is 0 Å². The van der Waals surface area contributed by atoms with Gasteiger partial charge in [-0.25, -0.2) is 4.79 Å². The molecule has 4 N–H and O–H groups in total. The minimum Gasteiger partial charge on any atom is -0.478 e. The fourth-order valence-corrected chi connectivity index (χ4v) is 2.04. The van der Waals surface area contributed by atoms with E-state index in [0.717, 1.165) is 12.2 Å². The highest BCUT2D eigenvalue weighted by atomic mass is 16.4. The Morgan fingerprint density at radius 3 is 2.55 bits per heavy atom. The first-order valence-corrected chi connectivity index (χ1v) is 6.49. The molecule has 2 aromatic rings. The van der Waals surface area contributed by atoms with E-state index in [0.29, 0.717) is 5.92 Å². The van der Waals surface area contributed by atoms with Crippen LogP contribution in [0.25, 0.3) is 0 Å². The van der Waals surface area contributed by atoms with Gasteiger partial charge in [0.25, 0.3) is 0 Å². The summed E-state index contributed by atoms with van der Waals surface area (Å²) in [6.45, 7) is 2.90. The van der Waals surface area contributed by atoms with E-state index in [1.54, 1.807) is 12.1 Å². The van der Waals surface area contributed by atoms with E-state index < -0.39 is 5.97 Å². The summed E-state index contributed by atoms with van der Waals surface area (Å²) in [4.78, 5) is 10.9. The molecule has 0 bridgehead atoms. The SMILES string of the molecule is CC(CNc1ccc(C(=O)O)c(N)c1)c1ccccc1. The van der Waals surface area contributed by atoms with Gasteiger partial charge in [-0.05, 0) is 29.7 Å². The predicted octanol–water partition coefficient (Wildman–Crippen LogP) is 3.18. The van der Waals surface area contributed by atoms with Crippen LogP contribution in [-0.2, 0) is 0 Å². The Morgan fingerprint density at radius 1 is 1.25 bits per heavy atom. The third-order valence-corrected chi connectivity index (χ3v) is 3.26. The van der Waals surface area contributed by atoms with Crippen molar-refractivity contribution in [2.45, 2.75) is 12.8 Å². The van der Waals surface area contributed by atoms with Gasteiger partial charge in [0.05, 0.1) is 5.56 Å². The second kappa shape index (κ2) is 6.10. The number of benzene rings is 2. The molecule has 0 aromatic heterocycles. The standard InChI is InChI=1S/C16H18N2O2/c1-11(12-5-3-2-4-6-12)10-18-13-7-8-14(16(19)20)15(17)9-13/h2-9,11,18H,10,17H2,1H3,(H,19,20). The van der Waals surface area contributed by atoms with Gasteiger partial charge >= 0.3 is 5.97 Å². The molecule has 0 amide bonds. The average molecular weight is 270 g/mol. The number of hydrogen-bond acceptors (Lipinski definition) is 3. The van der Waals surface area contributed by atoms with Gasteiger partial charge in [-0.1, -0.05) is 37.3 Å². The van der Waals surface area contributed by atoms with Crippen molar-refractivity contribution in [2.75, 3.05) is 17.6 Å². The highest BCUT2D eigenvalue weighted by molar-refractivity contribution is 5.94. The molecule has 0 radical (unpaired) electrons. The number of anilines is 2. The number of rotatable bonds is 5. The minimum absolute atomic E-state index is 0.131. The van der Waals surface area contributed by atoms with Crippen LogP contribution < -0.4 is 11.1 Å². The molecule has 0 heterocycles. The van der Waals surface area contributed by atoms with Crippen molar-refractivity contribution in [1.82, 2.24) is 0 Å². The molecule has 20 heavy (non-hydrogen) atoms.